The first-order chi connectivity index (χ1) is 26.7. The highest BCUT2D eigenvalue weighted by molar-refractivity contribution is 5.99. The number of piperazine rings is 1. The highest BCUT2D eigenvalue weighted by Crippen LogP contribution is 2.34. The van der Waals surface area contributed by atoms with Crippen molar-refractivity contribution in [2.45, 2.75) is 44.1 Å². The lowest BCUT2D eigenvalue weighted by atomic mass is 9.98. The molecule has 4 aliphatic heterocycles. The van der Waals surface area contributed by atoms with Crippen molar-refractivity contribution in [1.82, 2.24) is 34.6 Å². The van der Waals surface area contributed by atoms with E-state index in [0.29, 0.717) is 32.1 Å². The Labute approximate surface area is 321 Å². The zero-order valence-electron chi connectivity index (χ0n) is 31.4. The first kappa shape index (κ1) is 36.8. The summed E-state index contributed by atoms with van der Waals surface area (Å²) in [7, 11) is 2.02. The maximum absolute atomic E-state index is 14.3. The van der Waals surface area contributed by atoms with Crippen LogP contribution in [-0.2, 0) is 34.3 Å². The van der Waals surface area contributed by atoms with E-state index in [1.165, 1.54) is 0 Å². The number of para-hydroxylation sites is 1. The lowest BCUT2D eigenvalue weighted by Crippen LogP contribution is -2.74. The van der Waals surface area contributed by atoms with Crippen LogP contribution in [0.25, 0.3) is 22.0 Å². The minimum absolute atomic E-state index is 0.0649. The standard InChI is InChI=1S/C42H50N8O5/c1-3-17-49-28-39(52)50-37(24-29-7-13-34(51)14-8-29)41(53)48(27-38(50)44-49)25-31-5-4-6-35-36(26-45(2)40(31)35)30-9-11-32(12-10-30)43-42(54)47-18-15-33(16-19-47)46-20-22-55-23-21-46/h3-14,26,33,37-38,44,51H,1,15-25,27-28H2,2H3,(H,43,54)/t37-,38+/m0/s1. The van der Waals surface area contributed by atoms with E-state index in [9.17, 15) is 19.5 Å². The van der Waals surface area contributed by atoms with Gasteiger partial charge in [0.2, 0.25) is 11.8 Å². The Kier molecular flexibility index (Phi) is 10.6. The summed E-state index contributed by atoms with van der Waals surface area (Å²) in [6.07, 6.45) is 5.76. The van der Waals surface area contributed by atoms with E-state index in [2.05, 4.69) is 45.1 Å². The van der Waals surface area contributed by atoms with Crippen LogP contribution in [0.5, 0.6) is 5.75 Å². The number of likely N-dealkylation sites (tertiary alicyclic amines) is 1. The molecule has 0 radical (unpaired) electrons. The van der Waals surface area contributed by atoms with Crippen molar-refractivity contribution in [2.75, 3.05) is 64.3 Å². The quantitative estimate of drug-likeness (QED) is 0.220. The van der Waals surface area contributed by atoms with Crippen LogP contribution in [0.2, 0.25) is 0 Å². The predicted molar refractivity (Wildman–Crippen MR) is 211 cm³/mol. The molecule has 4 fully saturated rings. The van der Waals surface area contributed by atoms with E-state index < -0.39 is 12.2 Å². The number of hydrogen-bond donors (Lipinski definition) is 3. The summed E-state index contributed by atoms with van der Waals surface area (Å²) in [5.41, 5.74) is 9.20. The largest absolute Gasteiger partial charge is 0.508 e. The third kappa shape index (κ3) is 7.70. The van der Waals surface area contributed by atoms with Crippen LogP contribution in [0.1, 0.15) is 24.0 Å². The second-order valence-corrected chi connectivity index (χ2v) is 15.1. The number of aromatic nitrogens is 1. The normalized spacial score (nSPS) is 21.6. The molecule has 0 spiro atoms. The number of rotatable bonds is 9. The van der Waals surface area contributed by atoms with Crippen molar-refractivity contribution < 1.29 is 24.2 Å². The first-order valence-electron chi connectivity index (χ1n) is 19.3. The topological polar surface area (TPSA) is 126 Å². The summed E-state index contributed by atoms with van der Waals surface area (Å²) >= 11 is 0. The molecule has 13 heteroatoms. The van der Waals surface area contributed by atoms with Gasteiger partial charge in [0.25, 0.3) is 0 Å². The van der Waals surface area contributed by atoms with Gasteiger partial charge in [-0.1, -0.05) is 48.5 Å². The minimum Gasteiger partial charge on any atom is -0.508 e. The van der Waals surface area contributed by atoms with Crippen LogP contribution in [0.3, 0.4) is 0 Å². The average molecular weight is 747 g/mol. The third-order valence-electron chi connectivity index (χ3n) is 11.5. The number of aryl methyl sites for hydroxylation is 1. The van der Waals surface area contributed by atoms with E-state index in [0.717, 1.165) is 91.1 Å². The summed E-state index contributed by atoms with van der Waals surface area (Å²) in [5.74, 6) is -0.0637. The Hall–Kier alpha value is -5.21. The fourth-order valence-corrected chi connectivity index (χ4v) is 8.77. The van der Waals surface area contributed by atoms with Gasteiger partial charge in [-0.25, -0.2) is 15.2 Å². The molecule has 5 heterocycles. The van der Waals surface area contributed by atoms with Crippen molar-refractivity contribution >= 4 is 34.4 Å². The Bertz CT molecular complexity index is 2040. The van der Waals surface area contributed by atoms with Crippen LogP contribution < -0.4 is 10.7 Å². The van der Waals surface area contributed by atoms with Gasteiger partial charge in [0.15, 0.2) is 0 Å². The van der Waals surface area contributed by atoms with Crippen molar-refractivity contribution in [2.24, 2.45) is 7.05 Å². The van der Waals surface area contributed by atoms with Gasteiger partial charge in [-0.3, -0.25) is 14.5 Å². The molecule has 0 unspecified atom stereocenters. The van der Waals surface area contributed by atoms with Crippen LogP contribution >= 0.6 is 0 Å². The van der Waals surface area contributed by atoms with Gasteiger partial charge < -0.3 is 34.4 Å². The number of benzene rings is 3. The summed E-state index contributed by atoms with van der Waals surface area (Å²) in [5, 5.41) is 15.9. The number of nitrogens with one attached hydrogen (secondary N) is 2. The summed E-state index contributed by atoms with van der Waals surface area (Å²) < 4.78 is 7.62. The van der Waals surface area contributed by atoms with Crippen LogP contribution in [-0.4, -0.2) is 129 Å². The number of phenols is 1. The number of aromatic hydroxyl groups is 1. The zero-order chi connectivity index (χ0) is 38.1. The molecule has 13 nitrogen and oxygen atoms in total. The highest BCUT2D eigenvalue weighted by atomic mass is 16.5. The molecule has 0 bridgehead atoms. The fraction of sp³-hybridized carbons (Fsp3) is 0.405. The van der Waals surface area contributed by atoms with Crippen molar-refractivity contribution in [3.8, 4) is 16.9 Å². The van der Waals surface area contributed by atoms with E-state index in [1.54, 1.807) is 35.2 Å². The number of urea groups is 1. The monoisotopic (exact) mass is 746 g/mol. The van der Waals surface area contributed by atoms with Gasteiger partial charge >= 0.3 is 6.03 Å². The number of nitrogens with zero attached hydrogens (tertiary/aromatic N) is 6. The number of carbonyl (C=O) groups excluding carboxylic acids is 3. The number of piperidine rings is 1. The number of hydrazine groups is 1. The maximum Gasteiger partial charge on any atom is 0.321 e. The lowest BCUT2D eigenvalue weighted by molar-refractivity contribution is -0.168. The molecule has 8 rings (SSSR count). The number of anilines is 1. The van der Waals surface area contributed by atoms with E-state index in [4.69, 9.17) is 4.74 Å². The van der Waals surface area contributed by atoms with Gasteiger partial charge in [0.05, 0.1) is 31.8 Å². The molecular weight excluding hydrogens is 697 g/mol. The molecular formula is C42H50N8O5. The number of phenolic OH excluding ortho intramolecular Hbond substituents is 1. The van der Waals surface area contributed by atoms with Crippen molar-refractivity contribution in [1.29, 1.82) is 0 Å². The highest BCUT2D eigenvalue weighted by Gasteiger charge is 2.46. The first-order valence-corrected chi connectivity index (χ1v) is 19.3. The fourth-order valence-electron chi connectivity index (χ4n) is 8.77. The van der Waals surface area contributed by atoms with Gasteiger partial charge in [0, 0.05) is 81.6 Å². The zero-order valence-corrected chi connectivity index (χ0v) is 31.4. The van der Waals surface area contributed by atoms with Crippen molar-refractivity contribution in [3.05, 3.63) is 96.7 Å². The minimum atomic E-state index is -0.696. The van der Waals surface area contributed by atoms with Gasteiger partial charge in [0.1, 0.15) is 18.0 Å². The number of ether oxygens (including phenoxy) is 1. The molecule has 1 aromatic heterocycles. The summed E-state index contributed by atoms with van der Waals surface area (Å²) in [6.45, 7) is 10.2. The average Bonchev–Trinajstić information content (AvgIpc) is 3.54. The van der Waals surface area contributed by atoms with E-state index >= 15 is 0 Å². The van der Waals surface area contributed by atoms with E-state index in [-0.39, 0.29) is 30.1 Å². The van der Waals surface area contributed by atoms with Gasteiger partial charge in [-0.05, 0) is 53.8 Å². The molecule has 55 heavy (non-hydrogen) atoms. The van der Waals surface area contributed by atoms with Crippen molar-refractivity contribution in [3.63, 3.8) is 0 Å². The molecule has 3 aromatic carbocycles. The molecule has 4 aromatic rings. The molecule has 288 valence electrons. The molecule has 4 amide bonds. The molecule has 4 saturated heterocycles. The van der Waals surface area contributed by atoms with E-state index in [1.807, 2.05) is 52.2 Å². The summed E-state index contributed by atoms with van der Waals surface area (Å²) in [4.78, 5) is 49.0. The summed E-state index contributed by atoms with van der Waals surface area (Å²) in [6, 6.07) is 20.7. The molecule has 3 N–H and O–H groups in total. The maximum atomic E-state index is 14.3. The molecule has 0 aliphatic carbocycles. The van der Waals surface area contributed by atoms with Crippen LogP contribution in [0, 0.1) is 0 Å². The number of morpholine rings is 1. The molecule has 0 saturated carbocycles. The van der Waals surface area contributed by atoms with Gasteiger partial charge in [-0.15, -0.1) is 6.58 Å². The number of hydrogen-bond acceptors (Lipinski definition) is 8. The molecule has 2 atom stereocenters. The number of fused-ring (bicyclic) bond motifs is 2. The number of carbonyl (C=O) groups is 3. The smallest absolute Gasteiger partial charge is 0.321 e. The predicted octanol–water partition coefficient (Wildman–Crippen LogP) is 3.99. The Morgan fingerprint density at radius 3 is 2.47 bits per heavy atom. The SMILES string of the molecule is C=CCN1CC(=O)N2[C@H](CN(Cc3cccc4c(-c5ccc(NC(=O)N6CCC(N7CCOCC7)CC6)cc5)cn(C)c34)C(=O)[C@@H]2Cc2ccc(O)cc2)N1. The Morgan fingerprint density at radius 1 is 1.00 bits per heavy atom. The molecule has 4 aliphatic rings. The number of amides is 4. The third-order valence-corrected chi connectivity index (χ3v) is 11.5. The van der Waals surface area contributed by atoms with Gasteiger partial charge in [-0.2, -0.15) is 0 Å². The van der Waals surface area contributed by atoms with Crippen LogP contribution in [0.4, 0.5) is 10.5 Å². The second kappa shape index (κ2) is 15.9. The Morgan fingerprint density at radius 2 is 1.75 bits per heavy atom. The van der Waals surface area contributed by atoms with Crippen LogP contribution in [0.15, 0.2) is 85.6 Å². The second-order valence-electron chi connectivity index (χ2n) is 15.1. The lowest BCUT2D eigenvalue weighted by Gasteiger charge is -2.50. The Balaban J connectivity index is 0.979.